The number of benzene rings is 1. The number of anilines is 1. The highest BCUT2D eigenvalue weighted by atomic mass is 19.4. The van der Waals surface area contributed by atoms with Gasteiger partial charge in [0.2, 0.25) is 0 Å². The van der Waals surface area contributed by atoms with Crippen molar-refractivity contribution in [3.8, 4) is 5.69 Å². The van der Waals surface area contributed by atoms with Gasteiger partial charge in [0.1, 0.15) is 11.5 Å². The van der Waals surface area contributed by atoms with Crippen LogP contribution in [0.2, 0.25) is 0 Å². The fraction of sp³-hybridized carbons (Fsp3) is 0.333. The summed E-state index contributed by atoms with van der Waals surface area (Å²) in [7, 11) is 0. The summed E-state index contributed by atoms with van der Waals surface area (Å²) in [5.41, 5.74) is 3.45. The van der Waals surface area contributed by atoms with Gasteiger partial charge in [-0.1, -0.05) is 13.8 Å². The van der Waals surface area contributed by atoms with Crippen molar-refractivity contribution in [3.05, 3.63) is 35.4 Å². The lowest BCUT2D eigenvalue weighted by atomic mass is 10.1. The average molecular weight is 290 g/mol. The predicted octanol–water partition coefficient (Wildman–Crippen LogP) is 3.34. The van der Waals surface area contributed by atoms with Gasteiger partial charge in [-0.25, -0.2) is 4.39 Å². The molecule has 4 nitrogen and oxygen atoms in total. The maximum absolute atomic E-state index is 13.3. The van der Waals surface area contributed by atoms with E-state index in [9.17, 15) is 17.6 Å². The number of nitrogen functional groups attached to an aromatic ring is 1. The van der Waals surface area contributed by atoms with Crippen molar-refractivity contribution in [3.63, 3.8) is 0 Å². The quantitative estimate of drug-likeness (QED) is 0.647. The molecule has 0 bridgehead atoms. The van der Waals surface area contributed by atoms with Crippen LogP contribution < -0.4 is 5.73 Å². The Morgan fingerprint density at radius 1 is 1.15 bits per heavy atom. The summed E-state index contributed by atoms with van der Waals surface area (Å²) in [5, 5.41) is 7.24. The molecule has 0 spiro atoms. The molecule has 20 heavy (non-hydrogen) atoms. The molecule has 0 radical (unpaired) electrons. The minimum Gasteiger partial charge on any atom is -0.396 e. The van der Waals surface area contributed by atoms with Crippen LogP contribution in [0.25, 0.3) is 5.69 Å². The summed E-state index contributed by atoms with van der Waals surface area (Å²) in [5.74, 6) is -1.12. The molecule has 0 atom stereocenters. The van der Waals surface area contributed by atoms with Gasteiger partial charge in [0, 0.05) is 5.56 Å². The van der Waals surface area contributed by atoms with Gasteiger partial charge in [-0.05, 0) is 13.0 Å². The fourth-order valence-corrected chi connectivity index (χ4v) is 1.59. The topological polar surface area (TPSA) is 56.7 Å². The van der Waals surface area contributed by atoms with Crippen LogP contribution in [0.3, 0.4) is 0 Å². The molecule has 0 aliphatic rings. The van der Waals surface area contributed by atoms with Crippen molar-refractivity contribution in [1.29, 1.82) is 0 Å². The zero-order chi connectivity index (χ0) is 15.5. The number of nitrogens with two attached hydrogens (primary N) is 1. The van der Waals surface area contributed by atoms with Crippen molar-refractivity contribution in [2.24, 2.45) is 0 Å². The van der Waals surface area contributed by atoms with E-state index in [-0.39, 0.29) is 16.9 Å². The molecule has 1 aromatic carbocycles. The smallest absolute Gasteiger partial charge is 0.396 e. The fourth-order valence-electron chi connectivity index (χ4n) is 1.59. The highest BCUT2D eigenvalue weighted by molar-refractivity contribution is 5.61. The first-order valence-electron chi connectivity index (χ1n) is 5.85. The zero-order valence-electron chi connectivity index (χ0n) is 11.2. The first-order chi connectivity index (χ1) is 9.32. The molecule has 110 valence electrons. The van der Waals surface area contributed by atoms with E-state index in [0.717, 1.165) is 4.80 Å². The van der Waals surface area contributed by atoms with Crippen molar-refractivity contribution in [2.75, 3.05) is 5.73 Å². The number of aromatic nitrogens is 3. The molecule has 8 heteroatoms. The monoisotopic (exact) mass is 290 g/mol. The molecule has 0 amide bonds. The molecular formula is C12H14F4N4. The van der Waals surface area contributed by atoms with Crippen LogP contribution in [0.5, 0.6) is 0 Å². The Morgan fingerprint density at radius 3 is 2.10 bits per heavy atom. The molecule has 0 saturated carbocycles. The van der Waals surface area contributed by atoms with Crippen molar-refractivity contribution in [1.82, 2.24) is 15.0 Å². The summed E-state index contributed by atoms with van der Waals surface area (Å²) in [6.45, 7) is 5.28. The van der Waals surface area contributed by atoms with Gasteiger partial charge in [-0.2, -0.15) is 28.2 Å². The van der Waals surface area contributed by atoms with Crippen LogP contribution in [0.1, 0.15) is 25.0 Å². The van der Waals surface area contributed by atoms with Gasteiger partial charge in [0.15, 0.2) is 0 Å². The van der Waals surface area contributed by atoms with Crippen LogP contribution >= 0.6 is 0 Å². The standard InChI is InChI=1S/C10H8F4N4.C2H6/c1-5-8(15)7(11)4-6(10(12,13)14)9(5)18-16-2-3-17-18;1-2/h2-4H,15H2,1H3;1-2H3. The highest BCUT2D eigenvalue weighted by Gasteiger charge is 2.37. The van der Waals surface area contributed by atoms with Gasteiger partial charge in [-0.15, -0.1) is 0 Å². The molecule has 2 aromatic rings. The highest BCUT2D eigenvalue weighted by Crippen LogP contribution is 2.37. The number of alkyl halides is 3. The molecule has 0 unspecified atom stereocenters. The summed E-state index contributed by atoms with van der Waals surface area (Å²) in [6.07, 6.45) is -2.28. The molecule has 0 aliphatic heterocycles. The summed E-state index contributed by atoms with van der Waals surface area (Å²) >= 11 is 0. The molecule has 1 heterocycles. The average Bonchev–Trinajstić information content (AvgIpc) is 2.90. The van der Waals surface area contributed by atoms with E-state index < -0.39 is 17.6 Å². The maximum Gasteiger partial charge on any atom is 0.418 e. The lowest BCUT2D eigenvalue weighted by Gasteiger charge is -2.16. The Kier molecular flexibility index (Phi) is 4.69. The Labute approximate surface area is 113 Å². The van der Waals surface area contributed by atoms with Gasteiger partial charge in [-0.3, -0.25) is 0 Å². The van der Waals surface area contributed by atoms with Gasteiger partial charge >= 0.3 is 6.18 Å². The number of rotatable bonds is 1. The van der Waals surface area contributed by atoms with Crippen LogP contribution in [-0.4, -0.2) is 15.0 Å². The second-order valence-electron chi connectivity index (χ2n) is 3.61. The minimum absolute atomic E-state index is 0.0569. The van der Waals surface area contributed by atoms with E-state index >= 15 is 0 Å². The molecular weight excluding hydrogens is 276 g/mol. The van der Waals surface area contributed by atoms with Gasteiger partial charge in [0.25, 0.3) is 0 Å². The summed E-state index contributed by atoms with van der Waals surface area (Å²) in [6, 6.07) is 0.348. The third kappa shape index (κ3) is 2.89. The predicted molar refractivity (Wildman–Crippen MR) is 66.8 cm³/mol. The molecule has 2 N–H and O–H groups in total. The van der Waals surface area contributed by atoms with E-state index in [1.807, 2.05) is 13.8 Å². The number of nitrogens with zero attached hydrogens (tertiary/aromatic N) is 3. The summed E-state index contributed by atoms with van der Waals surface area (Å²) in [4.78, 5) is 0.772. The van der Waals surface area contributed by atoms with Crippen molar-refractivity contribution < 1.29 is 17.6 Å². The second kappa shape index (κ2) is 5.89. The maximum atomic E-state index is 13.3. The number of hydrogen-bond donors (Lipinski definition) is 1. The van der Waals surface area contributed by atoms with Crippen LogP contribution in [-0.2, 0) is 6.18 Å². The lowest BCUT2D eigenvalue weighted by molar-refractivity contribution is -0.137. The van der Waals surface area contributed by atoms with Crippen molar-refractivity contribution in [2.45, 2.75) is 26.9 Å². The van der Waals surface area contributed by atoms with Crippen LogP contribution in [0, 0.1) is 12.7 Å². The summed E-state index contributed by atoms with van der Waals surface area (Å²) < 4.78 is 51.9. The molecule has 0 aliphatic carbocycles. The normalized spacial score (nSPS) is 10.9. The van der Waals surface area contributed by atoms with E-state index in [1.54, 1.807) is 0 Å². The number of hydrogen-bond acceptors (Lipinski definition) is 3. The van der Waals surface area contributed by atoms with Gasteiger partial charge < -0.3 is 5.73 Å². The van der Waals surface area contributed by atoms with Crippen LogP contribution in [0.15, 0.2) is 18.5 Å². The molecule has 1 aromatic heterocycles. The Hall–Kier alpha value is -2.12. The Morgan fingerprint density at radius 2 is 1.65 bits per heavy atom. The zero-order valence-corrected chi connectivity index (χ0v) is 11.2. The van der Waals surface area contributed by atoms with Crippen molar-refractivity contribution >= 4 is 5.69 Å². The van der Waals surface area contributed by atoms with Crippen LogP contribution in [0.4, 0.5) is 23.2 Å². The third-order valence-electron chi connectivity index (χ3n) is 2.47. The van der Waals surface area contributed by atoms with E-state index in [0.29, 0.717) is 6.07 Å². The molecule has 0 fully saturated rings. The molecule has 2 rings (SSSR count). The minimum atomic E-state index is -4.72. The van der Waals surface area contributed by atoms with Gasteiger partial charge in [0.05, 0.1) is 23.6 Å². The molecule has 0 saturated heterocycles. The first-order valence-corrected chi connectivity index (χ1v) is 5.85. The Balaban J connectivity index is 0.000000956. The third-order valence-corrected chi connectivity index (χ3v) is 2.47. The van der Waals surface area contributed by atoms with E-state index in [1.165, 1.54) is 19.3 Å². The lowest BCUT2D eigenvalue weighted by Crippen LogP contribution is -2.16. The largest absolute Gasteiger partial charge is 0.418 e. The van der Waals surface area contributed by atoms with E-state index in [4.69, 9.17) is 5.73 Å². The number of halogens is 4. The Bertz CT molecular complexity index is 576. The van der Waals surface area contributed by atoms with E-state index in [2.05, 4.69) is 10.2 Å². The second-order valence-corrected chi connectivity index (χ2v) is 3.61. The SMILES string of the molecule is CC.Cc1c(N)c(F)cc(C(F)(F)F)c1-n1nccn1. The first kappa shape index (κ1) is 15.9.